The van der Waals surface area contributed by atoms with Gasteiger partial charge in [-0.05, 0) is 12.0 Å². The summed E-state index contributed by atoms with van der Waals surface area (Å²) in [7, 11) is -11.4. The number of nitrogens with zero attached hydrogens (tertiary/aromatic N) is 3. The van der Waals surface area contributed by atoms with Crippen molar-refractivity contribution in [3.8, 4) is 0 Å². The number of phosphoric ester groups is 1. The maximum Gasteiger partial charge on any atom is 0.490 e. The first-order valence-electron chi connectivity index (χ1n) is 6.35. The van der Waals surface area contributed by atoms with Crippen LogP contribution >= 0.6 is 23.5 Å². The predicted octanol–water partition coefficient (Wildman–Crippen LogP) is 0.859. The van der Waals surface area contributed by atoms with Crippen LogP contribution in [0.25, 0.3) is 10.4 Å². The largest absolute Gasteiger partial charge is 0.490 e. The molecule has 0 amide bonds. The van der Waals surface area contributed by atoms with Crippen molar-refractivity contribution in [1.82, 2.24) is 0 Å². The lowest BCUT2D eigenvalue weighted by atomic mass is 9.96. The van der Waals surface area contributed by atoms with Gasteiger partial charge in [-0.3, -0.25) is 4.52 Å². The number of halogens is 2. The highest BCUT2D eigenvalue weighted by molar-refractivity contribution is 7.66. The van der Waals surface area contributed by atoms with Gasteiger partial charge in [0.2, 0.25) is 0 Å². The Morgan fingerprint density at radius 2 is 1.81 bits per heavy atom. The normalized spacial score (nSPS) is 28.1. The minimum Gasteiger partial charge on any atom is -0.380 e. The Kier molecular flexibility index (Phi) is 8.14. The Morgan fingerprint density at radius 1 is 1.22 bits per heavy atom. The Labute approximate surface area is 150 Å². The smallest absolute Gasteiger partial charge is 0.380 e. The molecule has 0 aromatic carbocycles. The van der Waals surface area contributed by atoms with E-state index in [0.717, 1.165) is 0 Å². The zero-order valence-electron chi connectivity index (χ0n) is 12.7. The molecule has 1 aliphatic rings. The molecule has 1 saturated heterocycles. The summed E-state index contributed by atoms with van der Waals surface area (Å²) in [4.78, 5) is 36.9. The van der Waals surface area contributed by atoms with E-state index < -0.39 is 54.5 Å². The molecule has 4 N–H and O–H groups in total. The molecule has 3 unspecified atom stereocenters. The summed E-state index contributed by atoms with van der Waals surface area (Å²) in [5, 5.41) is 2.07. The van der Waals surface area contributed by atoms with Crippen LogP contribution in [0.15, 0.2) is 5.11 Å². The summed E-state index contributed by atoms with van der Waals surface area (Å²) >= 11 is 0. The summed E-state index contributed by atoms with van der Waals surface area (Å²) in [5.41, 5.74) is 8.01. The quantitative estimate of drug-likeness (QED) is 0.0891. The molecule has 1 heterocycles. The van der Waals surface area contributed by atoms with Gasteiger partial charge in [-0.1, -0.05) is 0 Å². The fourth-order valence-corrected chi connectivity index (χ4v) is 4.78. The van der Waals surface area contributed by atoms with Gasteiger partial charge >= 0.3 is 29.7 Å². The van der Waals surface area contributed by atoms with Crippen molar-refractivity contribution in [3.63, 3.8) is 0 Å². The van der Waals surface area contributed by atoms with E-state index in [1.54, 1.807) is 0 Å². The Bertz CT molecular complexity index is 729. The van der Waals surface area contributed by atoms with Gasteiger partial charge in [0.1, 0.15) is 14.0 Å². The molecule has 21 heteroatoms. The summed E-state index contributed by atoms with van der Waals surface area (Å²) < 4.78 is 79.7. The molecule has 0 aromatic heterocycles. The second-order valence-corrected chi connectivity index (χ2v) is 9.09. The third kappa shape index (κ3) is 9.55. The number of hydrogen-bond donors (Lipinski definition) is 4. The molecule has 15 nitrogen and oxygen atoms in total. The van der Waals surface area contributed by atoms with Crippen molar-refractivity contribution in [2.45, 2.75) is 30.9 Å². The van der Waals surface area contributed by atoms with E-state index in [1.165, 1.54) is 0 Å². The first-order valence-corrected chi connectivity index (χ1v) is 10.9. The van der Waals surface area contributed by atoms with E-state index in [4.69, 9.17) is 32.8 Å². The van der Waals surface area contributed by atoms with Crippen LogP contribution in [0.4, 0.5) is 8.78 Å². The molecular weight excluding hydrogens is 448 g/mol. The molecule has 0 bridgehead atoms. The fourth-order valence-electron chi connectivity index (χ4n) is 1.75. The minimum atomic E-state index is -5.74. The molecule has 0 aliphatic carbocycles. The van der Waals surface area contributed by atoms with E-state index >= 15 is 0 Å². The maximum absolute atomic E-state index is 13.2. The Balaban J connectivity index is 2.73. The van der Waals surface area contributed by atoms with Gasteiger partial charge in [0.25, 0.3) is 0 Å². The van der Waals surface area contributed by atoms with Gasteiger partial charge in [0, 0.05) is 16.0 Å². The number of alkyl halides is 2. The van der Waals surface area contributed by atoms with Crippen LogP contribution in [0, 0.1) is 0 Å². The van der Waals surface area contributed by atoms with Crippen molar-refractivity contribution in [3.05, 3.63) is 10.4 Å². The van der Waals surface area contributed by atoms with Gasteiger partial charge in [-0.2, -0.15) is 17.4 Å². The van der Waals surface area contributed by atoms with Crippen molar-refractivity contribution in [1.29, 1.82) is 0 Å². The van der Waals surface area contributed by atoms with E-state index in [9.17, 15) is 27.4 Å². The molecule has 2 radical (unpaired) electrons. The van der Waals surface area contributed by atoms with Crippen LogP contribution in [-0.2, 0) is 36.3 Å². The third-order valence-corrected chi connectivity index (χ3v) is 6.30. The first-order chi connectivity index (χ1) is 12.0. The summed E-state index contributed by atoms with van der Waals surface area (Å²) in [6.45, 7) is -1.06. The van der Waals surface area contributed by atoms with Crippen molar-refractivity contribution < 1.29 is 64.7 Å². The lowest BCUT2D eigenvalue weighted by Crippen LogP contribution is -2.34. The molecule has 5 atom stereocenters. The fraction of sp³-hybridized carbons (Fsp3) is 1.00. The van der Waals surface area contributed by atoms with E-state index in [-0.39, 0.29) is 6.42 Å². The molecule has 1 rings (SSSR count). The second-order valence-electron chi connectivity index (χ2n) is 4.67. The molecule has 1 fully saturated rings. The monoisotopic (exact) mass is 459 g/mol. The molecule has 0 saturated carbocycles. The molecular formula is C6H11BF2N3O12P3. The predicted molar refractivity (Wildman–Crippen MR) is 77.8 cm³/mol. The molecule has 1 aliphatic heterocycles. The summed E-state index contributed by atoms with van der Waals surface area (Å²) in [5.74, 6) is 0. The van der Waals surface area contributed by atoms with E-state index in [1.807, 2.05) is 4.91 Å². The maximum atomic E-state index is 13.2. The molecule has 0 spiro atoms. The highest BCUT2D eigenvalue weighted by Gasteiger charge is 2.44. The van der Waals surface area contributed by atoms with E-state index in [2.05, 4.69) is 23.0 Å². The van der Waals surface area contributed by atoms with Gasteiger partial charge in [0.05, 0.1) is 12.7 Å². The molecule has 154 valence electrons. The average molecular weight is 459 g/mol. The van der Waals surface area contributed by atoms with Gasteiger partial charge in [-0.15, -0.1) is 0 Å². The first kappa shape index (κ1) is 24.6. The number of ether oxygens (including phenoxy) is 2. The lowest BCUT2D eigenvalue weighted by molar-refractivity contribution is -0.265. The van der Waals surface area contributed by atoms with Crippen LogP contribution in [0.3, 0.4) is 0 Å². The highest BCUT2D eigenvalue weighted by Crippen LogP contribution is 2.66. The van der Waals surface area contributed by atoms with Crippen molar-refractivity contribution in [2.75, 3.05) is 6.61 Å². The van der Waals surface area contributed by atoms with Crippen molar-refractivity contribution in [2.24, 2.45) is 5.11 Å². The summed E-state index contributed by atoms with van der Waals surface area (Å²) in [6.07, 6.45) is -7.80. The van der Waals surface area contributed by atoms with Crippen LogP contribution in [0.2, 0.25) is 0 Å². The molecule has 0 aromatic rings. The number of rotatable bonds is 10. The summed E-state index contributed by atoms with van der Waals surface area (Å²) in [6, 6.07) is -1.17. The second kappa shape index (κ2) is 8.93. The topological polar surface area (TPSA) is 227 Å². The van der Waals surface area contributed by atoms with Gasteiger partial charge < -0.3 is 29.0 Å². The number of azide groups is 1. The molecule has 27 heavy (non-hydrogen) atoms. The highest BCUT2D eigenvalue weighted by atomic mass is 31.3. The van der Waals surface area contributed by atoms with E-state index in [0.29, 0.717) is 0 Å². The average Bonchev–Trinajstić information content (AvgIpc) is 2.71. The van der Waals surface area contributed by atoms with Gasteiger partial charge in [0.15, 0.2) is 0 Å². The number of phosphoric acid groups is 3. The zero-order chi connectivity index (χ0) is 21.1. The number of hydrogen-bond acceptors (Lipinski definition) is 9. The standard InChI is InChI=1S/C6H11BF2N3O12P3/c7-5-1-3(22-6(8,9)11-12-10)4(21-5)2-20-26(16,17)24-27(18,19)23-25(13,14)15/h3-5H,1-2H2,(H,16,17)(H,18,19)(H2,13,14,15)/t3?,4-,5-/m1/s1. The zero-order valence-corrected chi connectivity index (χ0v) is 15.4. The van der Waals surface area contributed by atoms with Crippen LogP contribution in [-0.4, -0.2) is 58.5 Å². The van der Waals surface area contributed by atoms with Crippen LogP contribution < -0.4 is 0 Å². The van der Waals surface area contributed by atoms with Crippen molar-refractivity contribution >= 4 is 31.3 Å². The third-order valence-electron chi connectivity index (χ3n) is 2.50. The van der Waals surface area contributed by atoms with Gasteiger partial charge in [-0.25, -0.2) is 13.7 Å². The Hall–Kier alpha value is -0.435. The Morgan fingerprint density at radius 3 is 2.33 bits per heavy atom. The minimum absolute atomic E-state index is 0.374. The lowest BCUT2D eigenvalue weighted by Gasteiger charge is -2.23. The van der Waals surface area contributed by atoms with Crippen LogP contribution in [0.1, 0.15) is 6.42 Å². The SMILES string of the molecule is [B][C@H]1CC(OC(F)(F)N=[N+]=[N-])[C@@H](COP(=O)(O)OP(=O)(O)OP(=O)(O)O)O1. The van der Waals surface area contributed by atoms with Crippen LogP contribution in [0.5, 0.6) is 0 Å².